The van der Waals surface area contributed by atoms with E-state index in [0.717, 1.165) is 19.4 Å². The van der Waals surface area contributed by atoms with E-state index in [4.69, 9.17) is 14.6 Å². The number of carbonyl (C=O) groups excluding carboxylic acids is 1. The van der Waals surface area contributed by atoms with Crippen LogP contribution in [0.4, 0.5) is 5.69 Å². The van der Waals surface area contributed by atoms with Crippen LogP contribution in [0.15, 0.2) is 48.5 Å². The molecule has 130 valence electrons. The first-order valence-corrected chi connectivity index (χ1v) is 8.11. The van der Waals surface area contributed by atoms with Crippen LogP contribution >= 0.6 is 0 Å². The van der Waals surface area contributed by atoms with Crippen molar-refractivity contribution in [2.24, 2.45) is 0 Å². The summed E-state index contributed by atoms with van der Waals surface area (Å²) in [5.74, 6) is -0.677. The van der Waals surface area contributed by atoms with Gasteiger partial charge in [-0.1, -0.05) is 6.07 Å². The lowest BCUT2D eigenvalue weighted by Crippen LogP contribution is -2.17. The Bertz CT molecular complexity index is 751. The normalized spacial score (nSPS) is 16.4. The molecule has 1 unspecified atom stereocenters. The molecule has 1 fully saturated rings. The number of aromatic carboxylic acids is 1. The molecule has 0 saturated carbocycles. The summed E-state index contributed by atoms with van der Waals surface area (Å²) in [6.45, 7) is 1.25. The highest BCUT2D eigenvalue weighted by molar-refractivity contribution is 6.04. The summed E-state index contributed by atoms with van der Waals surface area (Å²) in [5.41, 5.74) is 1.16. The third-order valence-corrected chi connectivity index (χ3v) is 3.95. The van der Waals surface area contributed by atoms with Crippen molar-refractivity contribution in [1.29, 1.82) is 0 Å². The van der Waals surface area contributed by atoms with E-state index < -0.39 is 5.97 Å². The lowest BCUT2D eigenvalue weighted by molar-refractivity contribution is 0.0679. The molecule has 0 bridgehead atoms. The van der Waals surface area contributed by atoms with E-state index in [0.29, 0.717) is 23.6 Å². The zero-order chi connectivity index (χ0) is 17.6. The molecule has 1 heterocycles. The number of anilines is 1. The second-order valence-electron chi connectivity index (χ2n) is 5.81. The van der Waals surface area contributed by atoms with Gasteiger partial charge in [0.2, 0.25) is 0 Å². The monoisotopic (exact) mass is 341 g/mol. The van der Waals surface area contributed by atoms with Gasteiger partial charge < -0.3 is 19.9 Å². The second kappa shape index (κ2) is 7.81. The molecule has 2 N–H and O–H groups in total. The van der Waals surface area contributed by atoms with Gasteiger partial charge in [0.1, 0.15) is 12.4 Å². The minimum Gasteiger partial charge on any atom is -0.491 e. The summed E-state index contributed by atoms with van der Waals surface area (Å²) < 4.78 is 11.2. The molecule has 1 amide bonds. The molecule has 0 spiro atoms. The van der Waals surface area contributed by atoms with Crippen molar-refractivity contribution in [3.63, 3.8) is 0 Å². The van der Waals surface area contributed by atoms with Crippen LogP contribution in [0.2, 0.25) is 0 Å². The van der Waals surface area contributed by atoms with Gasteiger partial charge in [0.25, 0.3) is 5.91 Å². The molecule has 0 radical (unpaired) electrons. The van der Waals surface area contributed by atoms with Crippen LogP contribution in [0.25, 0.3) is 0 Å². The summed E-state index contributed by atoms with van der Waals surface area (Å²) in [6.07, 6.45) is 2.16. The SMILES string of the molecule is O=C(O)c1ccc(NC(=O)c2cccc(OCC3CCCO3)c2)cc1. The molecule has 3 rings (SSSR count). The first-order valence-electron chi connectivity index (χ1n) is 8.11. The Kier molecular flexibility index (Phi) is 5.30. The minimum atomic E-state index is -1.01. The predicted molar refractivity (Wildman–Crippen MR) is 92.3 cm³/mol. The van der Waals surface area contributed by atoms with E-state index in [1.165, 1.54) is 12.1 Å². The summed E-state index contributed by atoms with van der Waals surface area (Å²) in [4.78, 5) is 23.2. The maximum absolute atomic E-state index is 12.3. The largest absolute Gasteiger partial charge is 0.491 e. The average Bonchev–Trinajstić information content (AvgIpc) is 3.14. The number of nitrogens with one attached hydrogen (secondary N) is 1. The maximum Gasteiger partial charge on any atom is 0.335 e. The molecule has 1 aliphatic rings. The molecule has 1 aliphatic heterocycles. The molecule has 2 aromatic rings. The Morgan fingerprint density at radius 1 is 1.16 bits per heavy atom. The first-order chi connectivity index (χ1) is 12.1. The van der Waals surface area contributed by atoms with Crippen molar-refractivity contribution >= 4 is 17.6 Å². The molecule has 25 heavy (non-hydrogen) atoms. The van der Waals surface area contributed by atoms with Gasteiger partial charge in [-0.3, -0.25) is 4.79 Å². The van der Waals surface area contributed by atoms with Gasteiger partial charge in [0, 0.05) is 17.9 Å². The maximum atomic E-state index is 12.3. The third-order valence-electron chi connectivity index (χ3n) is 3.95. The molecule has 6 heteroatoms. The fraction of sp³-hybridized carbons (Fsp3) is 0.263. The molecule has 1 atom stereocenters. The highest BCUT2D eigenvalue weighted by atomic mass is 16.5. The number of rotatable bonds is 6. The number of hydrogen-bond donors (Lipinski definition) is 2. The number of benzene rings is 2. The van der Waals surface area contributed by atoms with Crippen LogP contribution in [-0.2, 0) is 4.74 Å². The Balaban J connectivity index is 1.61. The van der Waals surface area contributed by atoms with E-state index in [1.54, 1.807) is 36.4 Å². The Labute approximate surface area is 145 Å². The summed E-state index contributed by atoms with van der Waals surface area (Å²) >= 11 is 0. The van der Waals surface area contributed by atoms with Crippen LogP contribution in [0, 0.1) is 0 Å². The van der Waals surface area contributed by atoms with Gasteiger partial charge in [-0.25, -0.2) is 4.79 Å². The van der Waals surface area contributed by atoms with E-state index in [-0.39, 0.29) is 17.6 Å². The quantitative estimate of drug-likeness (QED) is 0.843. The molecule has 0 aliphatic carbocycles. The van der Waals surface area contributed by atoms with E-state index >= 15 is 0 Å². The highest BCUT2D eigenvalue weighted by Crippen LogP contribution is 2.18. The second-order valence-corrected chi connectivity index (χ2v) is 5.81. The number of ether oxygens (including phenoxy) is 2. The molecular weight excluding hydrogens is 322 g/mol. The average molecular weight is 341 g/mol. The van der Waals surface area contributed by atoms with Crippen LogP contribution in [0.1, 0.15) is 33.6 Å². The van der Waals surface area contributed by atoms with Crippen molar-refractivity contribution in [2.75, 3.05) is 18.5 Å². The van der Waals surface area contributed by atoms with E-state index in [2.05, 4.69) is 5.32 Å². The van der Waals surface area contributed by atoms with Gasteiger partial charge in [-0.15, -0.1) is 0 Å². The number of hydrogen-bond acceptors (Lipinski definition) is 4. The molecule has 0 aromatic heterocycles. The predicted octanol–water partition coefficient (Wildman–Crippen LogP) is 3.19. The summed E-state index contributed by atoms with van der Waals surface area (Å²) in [7, 11) is 0. The van der Waals surface area contributed by atoms with Gasteiger partial charge in [0.15, 0.2) is 0 Å². The smallest absolute Gasteiger partial charge is 0.335 e. The first kappa shape index (κ1) is 17.0. The Hall–Kier alpha value is -2.86. The zero-order valence-corrected chi connectivity index (χ0v) is 13.6. The van der Waals surface area contributed by atoms with Crippen LogP contribution in [-0.4, -0.2) is 36.3 Å². The third kappa shape index (κ3) is 4.58. The van der Waals surface area contributed by atoms with Gasteiger partial charge in [-0.2, -0.15) is 0 Å². The van der Waals surface area contributed by atoms with Crippen molar-refractivity contribution in [3.8, 4) is 5.75 Å². The lowest BCUT2D eigenvalue weighted by Gasteiger charge is -2.12. The Morgan fingerprint density at radius 3 is 2.64 bits per heavy atom. The van der Waals surface area contributed by atoms with E-state index in [9.17, 15) is 9.59 Å². The van der Waals surface area contributed by atoms with Crippen LogP contribution in [0.5, 0.6) is 5.75 Å². The fourth-order valence-corrected chi connectivity index (χ4v) is 2.59. The van der Waals surface area contributed by atoms with E-state index in [1.807, 2.05) is 0 Å². The minimum absolute atomic E-state index is 0.116. The van der Waals surface area contributed by atoms with Gasteiger partial charge in [-0.05, 0) is 55.3 Å². The van der Waals surface area contributed by atoms with Crippen molar-refractivity contribution in [3.05, 3.63) is 59.7 Å². The number of carboxylic acid groups (broad SMARTS) is 1. The molecular formula is C19H19NO5. The molecule has 6 nitrogen and oxygen atoms in total. The number of carboxylic acids is 1. The zero-order valence-electron chi connectivity index (χ0n) is 13.6. The van der Waals surface area contributed by atoms with Crippen molar-refractivity contribution < 1.29 is 24.2 Å². The standard InChI is InChI=1S/C19H19NO5/c21-18(20-15-8-6-13(7-9-15)19(22)23)14-3-1-4-16(11-14)25-12-17-5-2-10-24-17/h1,3-4,6-9,11,17H,2,5,10,12H2,(H,20,21)(H,22,23). The van der Waals surface area contributed by atoms with Gasteiger partial charge >= 0.3 is 5.97 Å². The molecule has 2 aromatic carbocycles. The van der Waals surface area contributed by atoms with Gasteiger partial charge in [0.05, 0.1) is 11.7 Å². The number of carbonyl (C=O) groups is 2. The fourth-order valence-electron chi connectivity index (χ4n) is 2.59. The van der Waals surface area contributed by atoms with Crippen LogP contribution < -0.4 is 10.1 Å². The van der Waals surface area contributed by atoms with Crippen molar-refractivity contribution in [1.82, 2.24) is 0 Å². The summed E-state index contributed by atoms with van der Waals surface area (Å²) in [6, 6.07) is 12.9. The lowest BCUT2D eigenvalue weighted by atomic mass is 10.1. The van der Waals surface area contributed by atoms with Crippen molar-refractivity contribution in [2.45, 2.75) is 18.9 Å². The number of amides is 1. The summed E-state index contributed by atoms with van der Waals surface area (Å²) in [5, 5.41) is 11.6. The van der Waals surface area contributed by atoms with Crippen LogP contribution in [0.3, 0.4) is 0 Å². The molecule has 1 saturated heterocycles. The topological polar surface area (TPSA) is 84.9 Å². The Morgan fingerprint density at radius 2 is 1.96 bits per heavy atom. The highest BCUT2D eigenvalue weighted by Gasteiger charge is 2.16.